The zero-order valence-electron chi connectivity index (χ0n) is 13.3. The predicted molar refractivity (Wildman–Crippen MR) is 93.9 cm³/mol. The first-order valence-corrected chi connectivity index (χ1v) is 8.19. The number of nitrogens with one attached hydrogen (secondary N) is 1. The molecule has 5 nitrogen and oxygen atoms in total. The first-order valence-electron chi connectivity index (χ1n) is 7.81. The minimum Gasteiger partial charge on any atom is -0.497 e. The van der Waals surface area contributed by atoms with Gasteiger partial charge >= 0.3 is 0 Å². The maximum atomic E-state index is 6.34. The van der Waals surface area contributed by atoms with E-state index in [0.717, 1.165) is 5.56 Å². The SMILES string of the molecule is COc1ccc(-c2ncnc(NC(C)C3CCC3)c2N)c(Cl)c1. The topological polar surface area (TPSA) is 73.1 Å². The van der Waals surface area contributed by atoms with E-state index in [0.29, 0.717) is 39.9 Å². The molecule has 3 rings (SSSR count). The van der Waals surface area contributed by atoms with Gasteiger partial charge in [-0.15, -0.1) is 0 Å². The van der Waals surface area contributed by atoms with Gasteiger partial charge in [-0.25, -0.2) is 9.97 Å². The minimum absolute atomic E-state index is 0.347. The Hall–Kier alpha value is -2.01. The van der Waals surface area contributed by atoms with Crippen LogP contribution in [0.2, 0.25) is 5.02 Å². The van der Waals surface area contributed by atoms with Gasteiger partial charge in [-0.2, -0.15) is 0 Å². The first-order chi connectivity index (χ1) is 11.1. The first kappa shape index (κ1) is 15.9. The van der Waals surface area contributed by atoms with Gasteiger partial charge in [-0.1, -0.05) is 18.0 Å². The van der Waals surface area contributed by atoms with Gasteiger partial charge in [0.1, 0.15) is 23.5 Å². The number of hydrogen-bond acceptors (Lipinski definition) is 5. The Morgan fingerprint density at radius 3 is 2.74 bits per heavy atom. The second-order valence-corrected chi connectivity index (χ2v) is 6.36. The summed E-state index contributed by atoms with van der Waals surface area (Å²) in [6.45, 7) is 2.17. The molecule has 1 saturated carbocycles. The lowest BCUT2D eigenvalue weighted by atomic mass is 9.80. The summed E-state index contributed by atoms with van der Waals surface area (Å²) in [4.78, 5) is 8.60. The average Bonchev–Trinajstić information content (AvgIpc) is 2.48. The lowest BCUT2D eigenvalue weighted by Gasteiger charge is -2.32. The van der Waals surface area contributed by atoms with E-state index < -0.39 is 0 Å². The predicted octanol–water partition coefficient (Wildman–Crippen LogP) is 3.99. The molecule has 1 aromatic heterocycles. The molecule has 0 amide bonds. The monoisotopic (exact) mass is 332 g/mol. The molecule has 1 heterocycles. The van der Waals surface area contributed by atoms with Gasteiger partial charge in [0.25, 0.3) is 0 Å². The van der Waals surface area contributed by atoms with Crippen LogP contribution in [0.4, 0.5) is 11.5 Å². The molecule has 0 aliphatic heterocycles. The van der Waals surface area contributed by atoms with Gasteiger partial charge in [0.15, 0.2) is 5.82 Å². The van der Waals surface area contributed by atoms with Crippen LogP contribution in [0, 0.1) is 5.92 Å². The maximum Gasteiger partial charge on any atom is 0.153 e. The molecular formula is C17H21ClN4O. The molecular weight excluding hydrogens is 312 g/mol. The zero-order chi connectivity index (χ0) is 16.4. The molecule has 3 N–H and O–H groups in total. The number of benzene rings is 1. The van der Waals surface area contributed by atoms with E-state index in [2.05, 4.69) is 22.2 Å². The summed E-state index contributed by atoms with van der Waals surface area (Å²) in [5.74, 6) is 2.06. The van der Waals surface area contributed by atoms with Gasteiger partial charge in [0, 0.05) is 11.6 Å². The van der Waals surface area contributed by atoms with E-state index in [9.17, 15) is 0 Å². The van der Waals surface area contributed by atoms with Gasteiger partial charge < -0.3 is 15.8 Å². The Labute approximate surface area is 141 Å². The molecule has 6 heteroatoms. The molecule has 122 valence electrons. The second kappa shape index (κ2) is 6.62. The van der Waals surface area contributed by atoms with Crippen molar-refractivity contribution in [1.82, 2.24) is 9.97 Å². The number of nitrogen functional groups attached to an aromatic ring is 1. The molecule has 0 bridgehead atoms. The molecule has 1 aliphatic carbocycles. The molecule has 23 heavy (non-hydrogen) atoms. The van der Waals surface area contributed by atoms with Gasteiger partial charge in [-0.05, 0) is 43.9 Å². The smallest absolute Gasteiger partial charge is 0.153 e. The number of rotatable bonds is 5. The van der Waals surface area contributed by atoms with Gasteiger partial charge in [0.05, 0.1) is 12.1 Å². The van der Waals surface area contributed by atoms with E-state index in [1.807, 2.05) is 12.1 Å². The number of methoxy groups -OCH3 is 1. The lowest BCUT2D eigenvalue weighted by Crippen LogP contribution is -2.31. The quantitative estimate of drug-likeness (QED) is 0.866. The number of nitrogens with zero attached hydrogens (tertiary/aromatic N) is 2. The van der Waals surface area contributed by atoms with Crippen molar-refractivity contribution in [3.8, 4) is 17.0 Å². The van der Waals surface area contributed by atoms with E-state index >= 15 is 0 Å². The van der Waals surface area contributed by atoms with Crippen LogP contribution in [0.3, 0.4) is 0 Å². The lowest BCUT2D eigenvalue weighted by molar-refractivity contribution is 0.285. The Balaban J connectivity index is 1.90. The Morgan fingerprint density at radius 2 is 2.13 bits per heavy atom. The third-order valence-electron chi connectivity index (χ3n) is 4.54. The van der Waals surface area contributed by atoms with Crippen LogP contribution in [-0.4, -0.2) is 23.1 Å². The average molecular weight is 333 g/mol. The highest BCUT2D eigenvalue weighted by Gasteiger charge is 2.25. The molecule has 1 fully saturated rings. The summed E-state index contributed by atoms with van der Waals surface area (Å²) >= 11 is 6.34. The number of aromatic nitrogens is 2. The molecule has 0 spiro atoms. The summed E-state index contributed by atoms with van der Waals surface area (Å²) < 4.78 is 5.18. The zero-order valence-corrected chi connectivity index (χ0v) is 14.1. The highest BCUT2D eigenvalue weighted by molar-refractivity contribution is 6.33. The van der Waals surface area contributed by atoms with E-state index in [1.165, 1.54) is 25.6 Å². The number of halogens is 1. The Kier molecular flexibility index (Phi) is 4.57. The highest BCUT2D eigenvalue weighted by Crippen LogP contribution is 2.36. The summed E-state index contributed by atoms with van der Waals surface area (Å²) in [5, 5.41) is 3.97. The third kappa shape index (κ3) is 3.20. The molecule has 0 saturated heterocycles. The van der Waals surface area contributed by atoms with Crippen LogP contribution in [0.25, 0.3) is 11.3 Å². The number of hydrogen-bond donors (Lipinski definition) is 2. The number of nitrogens with two attached hydrogens (primary N) is 1. The van der Waals surface area contributed by atoms with Crippen molar-refractivity contribution in [2.75, 3.05) is 18.2 Å². The summed E-state index contributed by atoms with van der Waals surface area (Å²) in [6.07, 6.45) is 5.34. The van der Waals surface area contributed by atoms with Crippen molar-refractivity contribution in [3.63, 3.8) is 0 Å². The number of ether oxygens (including phenoxy) is 1. The minimum atomic E-state index is 0.347. The van der Waals surface area contributed by atoms with Crippen molar-refractivity contribution >= 4 is 23.1 Å². The summed E-state index contributed by atoms with van der Waals surface area (Å²) in [5.41, 5.74) is 8.21. The normalized spacial score (nSPS) is 15.8. The highest BCUT2D eigenvalue weighted by atomic mass is 35.5. The molecule has 1 aliphatic rings. The van der Waals surface area contributed by atoms with Crippen LogP contribution in [0.5, 0.6) is 5.75 Å². The Bertz CT molecular complexity index is 703. The van der Waals surface area contributed by atoms with Crippen molar-refractivity contribution in [2.24, 2.45) is 5.92 Å². The third-order valence-corrected chi connectivity index (χ3v) is 4.85. The van der Waals surface area contributed by atoms with Crippen molar-refractivity contribution in [2.45, 2.75) is 32.2 Å². The summed E-state index contributed by atoms with van der Waals surface area (Å²) in [7, 11) is 1.61. The standard InChI is InChI=1S/C17H21ClN4O/c1-10(11-4-3-5-11)22-17-15(19)16(20-9-21-17)13-7-6-12(23-2)8-14(13)18/h6-11H,3-5,19H2,1-2H3,(H,20,21,22). The molecule has 1 aromatic carbocycles. The van der Waals surface area contributed by atoms with Gasteiger partial charge in [0.2, 0.25) is 0 Å². The van der Waals surface area contributed by atoms with Crippen LogP contribution in [-0.2, 0) is 0 Å². The fourth-order valence-corrected chi connectivity index (χ4v) is 3.07. The van der Waals surface area contributed by atoms with E-state index in [4.69, 9.17) is 22.1 Å². The maximum absolute atomic E-state index is 6.34. The number of anilines is 2. The van der Waals surface area contributed by atoms with Crippen LogP contribution in [0.15, 0.2) is 24.5 Å². The molecule has 2 aromatic rings. The van der Waals surface area contributed by atoms with E-state index in [1.54, 1.807) is 13.2 Å². The van der Waals surface area contributed by atoms with E-state index in [-0.39, 0.29) is 0 Å². The van der Waals surface area contributed by atoms with Crippen LogP contribution < -0.4 is 15.8 Å². The molecule has 1 atom stereocenters. The van der Waals surface area contributed by atoms with Crippen molar-refractivity contribution < 1.29 is 4.74 Å². The largest absolute Gasteiger partial charge is 0.497 e. The van der Waals surface area contributed by atoms with Crippen LogP contribution >= 0.6 is 11.6 Å². The molecule has 1 unspecified atom stereocenters. The summed E-state index contributed by atoms with van der Waals surface area (Å²) in [6, 6.07) is 5.80. The fourth-order valence-electron chi connectivity index (χ4n) is 2.81. The second-order valence-electron chi connectivity index (χ2n) is 5.95. The van der Waals surface area contributed by atoms with Gasteiger partial charge in [-0.3, -0.25) is 0 Å². The Morgan fingerprint density at radius 1 is 1.35 bits per heavy atom. The van der Waals surface area contributed by atoms with Crippen LogP contribution in [0.1, 0.15) is 26.2 Å². The van der Waals surface area contributed by atoms with Crippen molar-refractivity contribution in [1.29, 1.82) is 0 Å². The fraction of sp³-hybridized carbons (Fsp3) is 0.412. The van der Waals surface area contributed by atoms with Crippen molar-refractivity contribution in [3.05, 3.63) is 29.5 Å². The molecule has 0 radical (unpaired) electrons.